The Morgan fingerprint density at radius 2 is 1.95 bits per heavy atom. The van der Waals surface area contributed by atoms with Gasteiger partial charge in [-0.05, 0) is 19.1 Å². The molecule has 0 saturated carbocycles. The maximum Gasteiger partial charge on any atom is 0.247 e. The maximum absolute atomic E-state index is 10.6. The van der Waals surface area contributed by atoms with Crippen LogP contribution in [0.5, 0.6) is 5.75 Å². The molecule has 0 heterocycles. The van der Waals surface area contributed by atoms with E-state index in [9.17, 15) is 9.90 Å². The Kier molecular flexibility index (Phi) is 6.27. The zero-order valence-electron chi connectivity index (χ0n) is 10.9. The van der Waals surface area contributed by atoms with Crippen LogP contribution >= 0.6 is 0 Å². The minimum absolute atomic E-state index is 0.0108. The van der Waals surface area contributed by atoms with E-state index >= 15 is 0 Å². The number of aliphatic hydroxyl groups is 2. The van der Waals surface area contributed by atoms with E-state index in [2.05, 4.69) is 5.32 Å². The molecule has 6 heteroatoms. The third kappa shape index (κ3) is 6.19. The summed E-state index contributed by atoms with van der Waals surface area (Å²) >= 11 is 0. The van der Waals surface area contributed by atoms with Gasteiger partial charge < -0.3 is 26.0 Å². The van der Waals surface area contributed by atoms with Crippen molar-refractivity contribution >= 4 is 5.91 Å². The van der Waals surface area contributed by atoms with E-state index in [1.807, 2.05) is 31.2 Å². The topological polar surface area (TPSA) is 105 Å². The first-order valence-electron chi connectivity index (χ1n) is 6.04. The first kappa shape index (κ1) is 15.4. The Morgan fingerprint density at radius 1 is 1.32 bits per heavy atom. The summed E-state index contributed by atoms with van der Waals surface area (Å²) in [6, 6.07) is 7.49. The van der Waals surface area contributed by atoms with Gasteiger partial charge in [-0.1, -0.05) is 17.7 Å². The van der Waals surface area contributed by atoms with Crippen molar-refractivity contribution in [2.24, 2.45) is 5.73 Å². The zero-order chi connectivity index (χ0) is 14.3. The van der Waals surface area contributed by atoms with Crippen molar-refractivity contribution in [2.45, 2.75) is 19.1 Å². The van der Waals surface area contributed by atoms with Crippen LogP contribution in [0.25, 0.3) is 0 Å². The average Bonchev–Trinajstić information content (AvgIpc) is 2.37. The van der Waals surface area contributed by atoms with Crippen LogP contribution in [0.4, 0.5) is 0 Å². The first-order chi connectivity index (χ1) is 8.99. The van der Waals surface area contributed by atoms with E-state index in [0.29, 0.717) is 5.75 Å². The van der Waals surface area contributed by atoms with Crippen molar-refractivity contribution in [2.75, 3.05) is 19.7 Å². The molecular formula is C13H20N2O4. The fraction of sp³-hybridized carbons (Fsp3) is 0.462. The van der Waals surface area contributed by atoms with E-state index in [4.69, 9.17) is 15.6 Å². The highest BCUT2D eigenvalue weighted by atomic mass is 16.5. The quantitative estimate of drug-likeness (QED) is 0.492. The molecule has 2 atom stereocenters. The number of carbonyl (C=O) groups excluding carboxylic acids is 1. The van der Waals surface area contributed by atoms with Gasteiger partial charge in [0.1, 0.15) is 24.6 Å². The Labute approximate surface area is 112 Å². The molecule has 2 unspecified atom stereocenters. The van der Waals surface area contributed by atoms with Crippen molar-refractivity contribution in [3.05, 3.63) is 29.8 Å². The van der Waals surface area contributed by atoms with E-state index in [1.54, 1.807) is 0 Å². The monoisotopic (exact) mass is 268 g/mol. The fourth-order valence-corrected chi connectivity index (χ4v) is 1.37. The first-order valence-corrected chi connectivity index (χ1v) is 6.04. The lowest BCUT2D eigenvalue weighted by Gasteiger charge is -2.14. The third-order valence-electron chi connectivity index (χ3n) is 2.51. The molecule has 0 fully saturated rings. The van der Waals surface area contributed by atoms with Gasteiger partial charge in [0.05, 0.1) is 0 Å². The summed E-state index contributed by atoms with van der Waals surface area (Å²) in [6.45, 7) is 2.32. The molecule has 1 aromatic rings. The number of nitrogens with two attached hydrogens (primary N) is 1. The SMILES string of the molecule is Cc1ccc(OCC(O)CNCC(O)C(N)=O)cc1. The number of aryl methyl sites for hydroxylation is 1. The molecule has 5 N–H and O–H groups in total. The second-order valence-electron chi connectivity index (χ2n) is 4.35. The summed E-state index contributed by atoms with van der Waals surface area (Å²) in [7, 11) is 0. The lowest BCUT2D eigenvalue weighted by atomic mass is 10.2. The van der Waals surface area contributed by atoms with Gasteiger partial charge in [-0.25, -0.2) is 0 Å². The molecule has 0 spiro atoms. The van der Waals surface area contributed by atoms with Crippen LogP contribution in [0, 0.1) is 6.92 Å². The van der Waals surface area contributed by atoms with E-state index < -0.39 is 18.1 Å². The number of nitrogens with one attached hydrogen (secondary N) is 1. The van der Waals surface area contributed by atoms with Gasteiger partial charge in [0.15, 0.2) is 0 Å². The van der Waals surface area contributed by atoms with Gasteiger partial charge in [-0.2, -0.15) is 0 Å². The number of hydrogen-bond acceptors (Lipinski definition) is 5. The van der Waals surface area contributed by atoms with E-state index in [-0.39, 0.29) is 19.7 Å². The lowest BCUT2D eigenvalue weighted by Crippen LogP contribution is -2.41. The van der Waals surface area contributed by atoms with Crippen LogP contribution in [0.15, 0.2) is 24.3 Å². The van der Waals surface area contributed by atoms with Crippen molar-refractivity contribution in [3.63, 3.8) is 0 Å². The smallest absolute Gasteiger partial charge is 0.247 e. The van der Waals surface area contributed by atoms with Crippen LogP contribution in [0.2, 0.25) is 0 Å². The summed E-state index contributed by atoms with van der Waals surface area (Å²) in [6.07, 6.45) is -1.98. The Bertz CT molecular complexity index is 394. The van der Waals surface area contributed by atoms with Gasteiger partial charge >= 0.3 is 0 Å². The molecule has 0 bridgehead atoms. The predicted molar refractivity (Wildman–Crippen MR) is 70.8 cm³/mol. The highest BCUT2D eigenvalue weighted by molar-refractivity contribution is 5.78. The van der Waals surface area contributed by atoms with Crippen molar-refractivity contribution in [1.29, 1.82) is 0 Å². The number of primary amides is 1. The lowest BCUT2D eigenvalue weighted by molar-refractivity contribution is -0.125. The van der Waals surface area contributed by atoms with Crippen LogP contribution in [0.3, 0.4) is 0 Å². The Morgan fingerprint density at radius 3 is 2.53 bits per heavy atom. The number of ether oxygens (including phenoxy) is 1. The molecule has 0 radical (unpaired) electrons. The largest absolute Gasteiger partial charge is 0.491 e. The summed E-state index contributed by atoms with van der Waals surface area (Å²) in [5, 5.41) is 21.5. The molecule has 19 heavy (non-hydrogen) atoms. The van der Waals surface area contributed by atoms with Crippen LogP contribution in [-0.2, 0) is 4.79 Å². The number of hydrogen-bond donors (Lipinski definition) is 4. The molecule has 1 rings (SSSR count). The summed E-state index contributed by atoms with van der Waals surface area (Å²) < 4.78 is 5.38. The number of aliphatic hydroxyl groups excluding tert-OH is 2. The van der Waals surface area contributed by atoms with Gasteiger partial charge in [0, 0.05) is 13.1 Å². The maximum atomic E-state index is 10.6. The molecular weight excluding hydrogens is 248 g/mol. The van der Waals surface area contributed by atoms with E-state index in [1.165, 1.54) is 0 Å². The molecule has 0 saturated heterocycles. The van der Waals surface area contributed by atoms with Crippen LogP contribution in [0.1, 0.15) is 5.56 Å². The standard InChI is InChI=1S/C13H20N2O4/c1-9-2-4-11(5-3-9)19-8-10(16)6-15-7-12(17)13(14)18/h2-5,10,12,15-17H,6-8H2,1H3,(H2,14,18). The highest BCUT2D eigenvalue weighted by Crippen LogP contribution is 2.11. The zero-order valence-corrected chi connectivity index (χ0v) is 10.9. The van der Waals surface area contributed by atoms with Crippen LogP contribution in [-0.4, -0.2) is 48.0 Å². The van der Waals surface area contributed by atoms with Crippen LogP contribution < -0.4 is 15.8 Å². The summed E-state index contributed by atoms with van der Waals surface area (Å²) in [5.74, 6) is -0.111. The fourth-order valence-electron chi connectivity index (χ4n) is 1.37. The Hall–Kier alpha value is -1.63. The second kappa shape index (κ2) is 7.73. The molecule has 106 valence electrons. The van der Waals surface area contributed by atoms with Crippen molar-refractivity contribution in [1.82, 2.24) is 5.32 Å². The summed E-state index contributed by atoms with van der Waals surface area (Å²) in [4.78, 5) is 10.6. The predicted octanol–water partition coefficient (Wildman–Crippen LogP) is -0.829. The summed E-state index contributed by atoms with van der Waals surface area (Å²) in [5.41, 5.74) is 6.02. The van der Waals surface area contributed by atoms with E-state index in [0.717, 1.165) is 5.56 Å². The molecule has 0 aliphatic heterocycles. The molecule has 0 aliphatic rings. The number of carbonyl (C=O) groups is 1. The number of rotatable bonds is 8. The van der Waals surface area contributed by atoms with Crippen molar-refractivity contribution in [3.8, 4) is 5.75 Å². The van der Waals surface area contributed by atoms with Gasteiger partial charge in [0.25, 0.3) is 0 Å². The number of amides is 1. The molecule has 6 nitrogen and oxygen atoms in total. The highest BCUT2D eigenvalue weighted by Gasteiger charge is 2.11. The number of benzene rings is 1. The minimum atomic E-state index is -1.25. The van der Waals surface area contributed by atoms with Gasteiger partial charge in [-0.15, -0.1) is 0 Å². The Balaban J connectivity index is 2.19. The second-order valence-corrected chi connectivity index (χ2v) is 4.35. The molecule has 1 aromatic carbocycles. The third-order valence-corrected chi connectivity index (χ3v) is 2.51. The average molecular weight is 268 g/mol. The molecule has 0 aliphatic carbocycles. The van der Waals surface area contributed by atoms with Crippen molar-refractivity contribution < 1.29 is 19.7 Å². The molecule has 1 amide bonds. The normalized spacial score (nSPS) is 13.8. The van der Waals surface area contributed by atoms with Gasteiger partial charge in [-0.3, -0.25) is 4.79 Å². The van der Waals surface area contributed by atoms with Gasteiger partial charge in [0.2, 0.25) is 5.91 Å². The minimum Gasteiger partial charge on any atom is -0.491 e. The molecule has 0 aromatic heterocycles.